The number of piperidine rings is 1. The third kappa shape index (κ3) is 4.67. The van der Waals surface area contributed by atoms with Gasteiger partial charge in [-0.3, -0.25) is 13.9 Å². The summed E-state index contributed by atoms with van der Waals surface area (Å²) in [7, 11) is 0. The molecule has 180 valence electrons. The molecule has 9 heteroatoms. The van der Waals surface area contributed by atoms with Gasteiger partial charge in [0.1, 0.15) is 17.3 Å². The second kappa shape index (κ2) is 9.90. The van der Waals surface area contributed by atoms with Crippen molar-refractivity contribution in [1.82, 2.24) is 9.13 Å². The topological polar surface area (TPSA) is 93.5 Å². The first-order valence-electron chi connectivity index (χ1n) is 11.3. The highest BCUT2D eigenvalue weighted by molar-refractivity contribution is 5.49. The Balaban J connectivity index is 1.84. The predicted octanol–water partition coefficient (Wildman–Crippen LogP) is 2.31. The number of nitrogens with zero attached hydrogens (tertiary/aromatic N) is 3. The number of aliphatic hydroxyl groups is 1. The summed E-state index contributed by atoms with van der Waals surface area (Å²) in [5.41, 5.74) is 6.23. The summed E-state index contributed by atoms with van der Waals surface area (Å²) >= 11 is 0. The Morgan fingerprint density at radius 1 is 1.00 bits per heavy atom. The molecule has 0 aliphatic carbocycles. The van der Waals surface area contributed by atoms with Crippen molar-refractivity contribution in [3.8, 4) is 0 Å². The first-order chi connectivity index (χ1) is 16.3. The van der Waals surface area contributed by atoms with Crippen LogP contribution in [-0.4, -0.2) is 33.4 Å². The van der Waals surface area contributed by atoms with Crippen molar-refractivity contribution >= 4 is 5.69 Å². The minimum Gasteiger partial charge on any atom is -0.393 e. The van der Waals surface area contributed by atoms with Gasteiger partial charge >= 0.3 is 5.69 Å². The van der Waals surface area contributed by atoms with E-state index in [0.29, 0.717) is 31.6 Å². The number of hydrogen-bond donors (Lipinski definition) is 2. The van der Waals surface area contributed by atoms with E-state index in [-0.39, 0.29) is 24.3 Å². The van der Waals surface area contributed by atoms with Crippen LogP contribution in [-0.2, 0) is 13.1 Å². The molecule has 1 saturated heterocycles. The number of nitrogens with two attached hydrogens (primary N) is 1. The number of halogens is 2. The van der Waals surface area contributed by atoms with Crippen LogP contribution in [0.1, 0.15) is 35.7 Å². The lowest BCUT2D eigenvalue weighted by atomic mass is 10.1. The van der Waals surface area contributed by atoms with E-state index in [1.54, 1.807) is 6.92 Å². The Bertz CT molecular complexity index is 1260. The van der Waals surface area contributed by atoms with E-state index < -0.39 is 35.0 Å². The van der Waals surface area contributed by atoms with E-state index in [1.807, 2.05) is 35.2 Å². The molecular weight excluding hydrogens is 442 g/mol. The number of aliphatic hydroxyl groups excluding tert-OH is 1. The fourth-order valence-electron chi connectivity index (χ4n) is 4.43. The third-order valence-corrected chi connectivity index (χ3v) is 6.42. The molecule has 0 radical (unpaired) electrons. The molecule has 2 aromatic carbocycles. The molecule has 1 aliphatic rings. The first-order valence-corrected chi connectivity index (χ1v) is 11.3. The quantitative estimate of drug-likeness (QED) is 0.577. The highest BCUT2D eigenvalue weighted by atomic mass is 19.1. The summed E-state index contributed by atoms with van der Waals surface area (Å²) in [6.45, 7) is 1.99. The molecule has 3 aromatic rings. The molecule has 0 amide bonds. The molecule has 4 rings (SSSR count). The van der Waals surface area contributed by atoms with E-state index in [4.69, 9.17) is 5.73 Å². The molecule has 2 heterocycles. The minimum absolute atomic E-state index is 0.0921. The van der Waals surface area contributed by atoms with Crippen molar-refractivity contribution in [3.63, 3.8) is 0 Å². The van der Waals surface area contributed by atoms with Gasteiger partial charge in [0.15, 0.2) is 0 Å². The van der Waals surface area contributed by atoms with Gasteiger partial charge in [-0.15, -0.1) is 0 Å². The zero-order valence-electron chi connectivity index (χ0n) is 19.0. The van der Waals surface area contributed by atoms with Crippen molar-refractivity contribution in [2.45, 2.75) is 45.0 Å². The van der Waals surface area contributed by atoms with Crippen LogP contribution in [0.4, 0.5) is 14.5 Å². The van der Waals surface area contributed by atoms with Crippen molar-refractivity contribution in [1.29, 1.82) is 0 Å². The molecular formula is C25H28F2N4O3. The van der Waals surface area contributed by atoms with Gasteiger partial charge in [0.05, 0.1) is 19.2 Å². The number of anilines is 1. The van der Waals surface area contributed by atoms with Crippen LogP contribution in [0.25, 0.3) is 0 Å². The van der Waals surface area contributed by atoms with E-state index >= 15 is 0 Å². The Kier molecular flexibility index (Phi) is 6.95. The lowest BCUT2D eigenvalue weighted by molar-refractivity contribution is 0.145. The van der Waals surface area contributed by atoms with E-state index in [0.717, 1.165) is 22.3 Å². The normalized spacial score (nSPS) is 15.5. The van der Waals surface area contributed by atoms with Gasteiger partial charge in [-0.25, -0.2) is 13.6 Å². The molecule has 0 unspecified atom stereocenters. The minimum atomic E-state index is -0.771. The summed E-state index contributed by atoms with van der Waals surface area (Å²) in [5, 5.41) is 9.90. The van der Waals surface area contributed by atoms with Gasteiger partial charge < -0.3 is 15.7 Å². The molecule has 1 aliphatic heterocycles. The van der Waals surface area contributed by atoms with Crippen LogP contribution in [0.5, 0.6) is 0 Å². The fourth-order valence-corrected chi connectivity index (χ4v) is 4.43. The number of rotatable bonds is 6. The zero-order valence-corrected chi connectivity index (χ0v) is 19.0. The molecule has 7 nitrogen and oxygen atoms in total. The average molecular weight is 471 g/mol. The standard InChI is InChI=1S/C25H28F2N4O3/c1-16-23(29-12-10-18(32)11-13-29)24(33)31(15-22(28)17-6-3-2-4-7-17)25(34)30(16)14-19-20(26)8-5-9-21(19)27/h2-9,18,22,32H,10-15,28H2,1H3/t22-/m0/s1. The Hall–Kier alpha value is -3.30. The molecule has 1 atom stereocenters. The Morgan fingerprint density at radius 3 is 2.24 bits per heavy atom. The van der Waals surface area contributed by atoms with Crippen molar-refractivity contribution in [3.05, 3.63) is 97.8 Å². The van der Waals surface area contributed by atoms with E-state index in [2.05, 4.69) is 0 Å². The van der Waals surface area contributed by atoms with Crippen molar-refractivity contribution in [2.24, 2.45) is 5.73 Å². The van der Waals surface area contributed by atoms with Gasteiger partial charge in [-0.2, -0.15) is 0 Å². The van der Waals surface area contributed by atoms with Crippen LogP contribution < -0.4 is 21.9 Å². The van der Waals surface area contributed by atoms with E-state index in [9.17, 15) is 23.5 Å². The largest absolute Gasteiger partial charge is 0.393 e. The van der Waals surface area contributed by atoms with Crippen molar-refractivity contribution < 1.29 is 13.9 Å². The van der Waals surface area contributed by atoms with Crippen LogP contribution in [0.2, 0.25) is 0 Å². The first kappa shape index (κ1) is 23.8. The maximum atomic E-state index is 14.4. The molecule has 0 saturated carbocycles. The lowest BCUT2D eigenvalue weighted by Gasteiger charge is -2.33. The van der Waals surface area contributed by atoms with E-state index in [1.165, 1.54) is 10.6 Å². The van der Waals surface area contributed by atoms with Gasteiger partial charge in [0, 0.05) is 30.4 Å². The summed E-state index contributed by atoms with van der Waals surface area (Å²) in [4.78, 5) is 28.8. The van der Waals surface area contributed by atoms with Crippen molar-refractivity contribution in [2.75, 3.05) is 18.0 Å². The van der Waals surface area contributed by atoms with Gasteiger partial charge in [-0.1, -0.05) is 36.4 Å². The lowest BCUT2D eigenvalue weighted by Crippen LogP contribution is -2.48. The maximum absolute atomic E-state index is 14.4. The number of aromatic nitrogens is 2. The molecule has 34 heavy (non-hydrogen) atoms. The van der Waals surface area contributed by atoms with Crippen LogP contribution in [0, 0.1) is 18.6 Å². The molecule has 1 aromatic heterocycles. The smallest absolute Gasteiger partial charge is 0.331 e. The van der Waals surface area contributed by atoms with Gasteiger partial charge in [-0.05, 0) is 37.5 Å². The second-order valence-electron chi connectivity index (χ2n) is 8.65. The fraction of sp³-hybridized carbons (Fsp3) is 0.360. The second-order valence-corrected chi connectivity index (χ2v) is 8.65. The van der Waals surface area contributed by atoms with Gasteiger partial charge in [0.25, 0.3) is 5.56 Å². The summed E-state index contributed by atoms with van der Waals surface area (Å²) < 4.78 is 31.1. The molecule has 0 bridgehead atoms. The highest BCUT2D eigenvalue weighted by Crippen LogP contribution is 2.22. The summed E-state index contributed by atoms with van der Waals surface area (Å²) in [5.74, 6) is -1.54. The monoisotopic (exact) mass is 470 g/mol. The van der Waals surface area contributed by atoms with Crippen LogP contribution >= 0.6 is 0 Å². The zero-order chi connectivity index (χ0) is 24.4. The summed E-state index contributed by atoms with van der Waals surface area (Å²) in [6, 6.07) is 12.0. The SMILES string of the molecule is Cc1c(N2CCC(O)CC2)c(=O)n(C[C@H](N)c2ccccc2)c(=O)n1Cc1c(F)cccc1F. The van der Waals surface area contributed by atoms with Crippen LogP contribution in [0.3, 0.4) is 0 Å². The number of benzene rings is 2. The van der Waals surface area contributed by atoms with Crippen LogP contribution in [0.15, 0.2) is 58.1 Å². The Morgan fingerprint density at radius 2 is 1.62 bits per heavy atom. The predicted molar refractivity (Wildman–Crippen MR) is 126 cm³/mol. The maximum Gasteiger partial charge on any atom is 0.331 e. The highest BCUT2D eigenvalue weighted by Gasteiger charge is 2.26. The molecule has 1 fully saturated rings. The van der Waals surface area contributed by atoms with Gasteiger partial charge in [0.2, 0.25) is 0 Å². The Labute approximate surface area is 195 Å². The summed E-state index contributed by atoms with van der Waals surface area (Å²) in [6.07, 6.45) is 0.496. The molecule has 0 spiro atoms. The number of hydrogen-bond acceptors (Lipinski definition) is 5. The average Bonchev–Trinajstić information content (AvgIpc) is 2.83. The third-order valence-electron chi connectivity index (χ3n) is 6.42. The molecule has 3 N–H and O–H groups in total.